The highest BCUT2D eigenvalue weighted by Gasteiger charge is 2.46. The summed E-state index contributed by atoms with van der Waals surface area (Å²) in [6.45, 7) is 8.87. The van der Waals surface area contributed by atoms with Crippen molar-refractivity contribution in [3.05, 3.63) is 101 Å². The molecule has 4 rings (SSSR count). The number of carbonyl (C=O) groups excluding carboxylic acids is 1. The van der Waals surface area contributed by atoms with Gasteiger partial charge in [0.25, 0.3) is 0 Å². The molecule has 0 saturated carbocycles. The van der Waals surface area contributed by atoms with Crippen LogP contribution >= 0.6 is 0 Å². The Bertz CT molecular complexity index is 1220. The van der Waals surface area contributed by atoms with E-state index in [1.54, 1.807) is 21.0 Å². The fourth-order valence-corrected chi connectivity index (χ4v) is 5.72. The third-order valence-electron chi connectivity index (χ3n) is 7.71. The Hall–Kier alpha value is -3.35. The zero-order chi connectivity index (χ0) is 28.8. The van der Waals surface area contributed by atoms with Gasteiger partial charge in [-0.05, 0) is 74.9 Å². The van der Waals surface area contributed by atoms with Crippen molar-refractivity contribution in [3.63, 3.8) is 0 Å². The highest BCUT2D eigenvalue weighted by atomic mass is 16.6. The topological polar surface area (TPSA) is 68.2 Å². The number of carbonyl (C=O) groups is 1. The van der Waals surface area contributed by atoms with Gasteiger partial charge >= 0.3 is 6.09 Å². The number of hydrogen-bond acceptors (Lipinski definition) is 5. The van der Waals surface area contributed by atoms with E-state index in [0.717, 1.165) is 34.4 Å². The molecule has 1 aliphatic heterocycles. The van der Waals surface area contributed by atoms with Crippen LogP contribution in [0, 0.1) is 0 Å². The van der Waals surface area contributed by atoms with E-state index in [1.807, 2.05) is 78.6 Å². The van der Waals surface area contributed by atoms with Crippen molar-refractivity contribution in [3.8, 4) is 5.75 Å². The summed E-state index contributed by atoms with van der Waals surface area (Å²) in [7, 11) is 1.66. The Morgan fingerprint density at radius 1 is 1.02 bits per heavy atom. The van der Waals surface area contributed by atoms with Crippen molar-refractivity contribution in [2.24, 2.45) is 0 Å². The summed E-state index contributed by atoms with van der Waals surface area (Å²) < 4.78 is 17.5. The predicted molar refractivity (Wildman–Crippen MR) is 157 cm³/mol. The van der Waals surface area contributed by atoms with Crippen LogP contribution in [0.2, 0.25) is 0 Å². The second kappa shape index (κ2) is 12.9. The molecule has 6 nitrogen and oxygen atoms in total. The predicted octanol–water partition coefficient (Wildman–Crippen LogP) is 7.19. The summed E-state index contributed by atoms with van der Waals surface area (Å²) in [6.07, 6.45) is 2.43. The number of methoxy groups -OCH3 is 1. The summed E-state index contributed by atoms with van der Waals surface area (Å²) in [4.78, 5) is 15.5. The van der Waals surface area contributed by atoms with Crippen molar-refractivity contribution < 1.29 is 24.1 Å². The maximum absolute atomic E-state index is 13.6. The van der Waals surface area contributed by atoms with Gasteiger partial charge in [-0.1, -0.05) is 66.7 Å². The smallest absolute Gasteiger partial charge is 0.411 e. The maximum atomic E-state index is 13.6. The van der Waals surface area contributed by atoms with E-state index in [-0.39, 0.29) is 18.2 Å². The molecular weight excluding hydrogens is 502 g/mol. The van der Waals surface area contributed by atoms with Crippen LogP contribution in [0.4, 0.5) is 4.79 Å². The van der Waals surface area contributed by atoms with Gasteiger partial charge in [-0.2, -0.15) is 0 Å². The molecule has 40 heavy (non-hydrogen) atoms. The van der Waals surface area contributed by atoms with Gasteiger partial charge in [-0.15, -0.1) is 0 Å². The molecule has 3 aromatic carbocycles. The Kier molecular flexibility index (Phi) is 9.54. The molecule has 0 aromatic heterocycles. The molecule has 3 atom stereocenters. The molecular formula is C34H43NO5. The summed E-state index contributed by atoms with van der Waals surface area (Å²) in [5, 5.41) is 10.1. The van der Waals surface area contributed by atoms with Crippen molar-refractivity contribution >= 4 is 6.09 Å². The molecule has 0 aliphatic carbocycles. The van der Waals surface area contributed by atoms with Crippen molar-refractivity contribution in [1.82, 2.24) is 4.90 Å². The van der Waals surface area contributed by atoms with E-state index in [0.29, 0.717) is 32.5 Å². The van der Waals surface area contributed by atoms with Crippen LogP contribution in [0.3, 0.4) is 0 Å². The molecule has 0 spiro atoms. The molecule has 1 heterocycles. The lowest BCUT2D eigenvalue weighted by Gasteiger charge is -2.47. The number of ether oxygens (including phenoxy) is 3. The van der Waals surface area contributed by atoms with E-state index in [2.05, 4.69) is 19.1 Å². The van der Waals surface area contributed by atoms with Crippen LogP contribution in [-0.4, -0.2) is 41.5 Å². The van der Waals surface area contributed by atoms with E-state index in [9.17, 15) is 9.90 Å². The Labute approximate surface area is 238 Å². The van der Waals surface area contributed by atoms with E-state index >= 15 is 0 Å². The second-order valence-corrected chi connectivity index (χ2v) is 11.6. The van der Waals surface area contributed by atoms with Crippen LogP contribution in [0.25, 0.3) is 0 Å². The van der Waals surface area contributed by atoms with E-state index in [1.165, 1.54) is 0 Å². The molecule has 6 heteroatoms. The summed E-state index contributed by atoms with van der Waals surface area (Å²) in [5.74, 6) is 0.827. The zero-order valence-electron chi connectivity index (χ0n) is 24.4. The molecule has 1 N–H and O–H groups in total. The van der Waals surface area contributed by atoms with Crippen molar-refractivity contribution in [1.29, 1.82) is 0 Å². The standard InChI is InChI=1S/C34H43NO5/c1-25-22-34(30-10-7-6-8-11-30,20-9-21-39-24-28-14-18-31(38-5)19-15-28)40-32(36)35(25)26(2)29-16-12-27(13-17-29)23-33(3,4)37/h6-8,10-19,25-26,37H,9,20-24H2,1-5H3/t25?,26-,34+/m0/s1. The largest absolute Gasteiger partial charge is 0.497 e. The Morgan fingerprint density at radius 2 is 1.68 bits per heavy atom. The first kappa shape index (κ1) is 29.6. The molecule has 1 unspecified atom stereocenters. The number of amides is 1. The van der Waals surface area contributed by atoms with E-state index in [4.69, 9.17) is 14.2 Å². The Morgan fingerprint density at radius 3 is 2.27 bits per heavy atom. The zero-order valence-corrected chi connectivity index (χ0v) is 24.4. The van der Waals surface area contributed by atoms with Crippen LogP contribution in [0.5, 0.6) is 5.75 Å². The second-order valence-electron chi connectivity index (χ2n) is 11.6. The average Bonchev–Trinajstić information content (AvgIpc) is 2.93. The Balaban J connectivity index is 1.42. The van der Waals surface area contributed by atoms with Crippen molar-refractivity contribution in [2.75, 3.05) is 13.7 Å². The molecule has 3 aromatic rings. The first-order valence-electron chi connectivity index (χ1n) is 14.2. The molecule has 214 valence electrons. The third-order valence-corrected chi connectivity index (χ3v) is 7.71. The number of nitrogens with zero attached hydrogens (tertiary/aromatic N) is 1. The van der Waals surface area contributed by atoms with Gasteiger partial charge in [-0.25, -0.2) is 4.79 Å². The van der Waals surface area contributed by atoms with Gasteiger partial charge in [0.2, 0.25) is 0 Å². The SMILES string of the molecule is COc1ccc(COCCC[C@]2(c3ccccc3)CC(C)N([C@@H](C)c3ccc(CC(C)(C)O)cc3)C(=O)O2)cc1. The van der Waals surface area contributed by atoms with Gasteiger partial charge in [0.15, 0.2) is 0 Å². The van der Waals surface area contributed by atoms with Crippen LogP contribution in [0.1, 0.15) is 75.3 Å². The number of cyclic esters (lactones) is 1. The average molecular weight is 546 g/mol. The minimum Gasteiger partial charge on any atom is -0.497 e. The first-order valence-corrected chi connectivity index (χ1v) is 14.2. The van der Waals surface area contributed by atoms with Gasteiger partial charge in [0, 0.05) is 25.5 Å². The lowest BCUT2D eigenvalue weighted by atomic mass is 9.81. The number of benzene rings is 3. The first-order chi connectivity index (χ1) is 19.1. The molecule has 1 aliphatic rings. The van der Waals surface area contributed by atoms with E-state index < -0.39 is 11.2 Å². The van der Waals surface area contributed by atoms with Gasteiger partial charge in [0.05, 0.1) is 25.4 Å². The van der Waals surface area contributed by atoms with Crippen molar-refractivity contribution in [2.45, 2.75) is 83.3 Å². The molecule has 1 fully saturated rings. The maximum Gasteiger partial charge on any atom is 0.411 e. The minimum absolute atomic E-state index is 0.0206. The third kappa shape index (κ3) is 7.43. The lowest BCUT2D eigenvalue weighted by Crippen LogP contribution is -2.53. The van der Waals surface area contributed by atoms with Gasteiger partial charge in [0.1, 0.15) is 11.4 Å². The molecule has 0 radical (unpaired) electrons. The monoisotopic (exact) mass is 545 g/mol. The summed E-state index contributed by atoms with van der Waals surface area (Å²) in [5.41, 5.74) is 2.76. The summed E-state index contributed by atoms with van der Waals surface area (Å²) in [6, 6.07) is 26.0. The number of aliphatic hydroxyl groups is 1. The van der Waals surface area contributed by atoms with Gasteiger partial charge < -0.3 is 19.3 Å². The van der Waals surface area contributed by atoms with Gasteiger partial charge in [-0.3, -0.25) is 4.90 Å². The lowest BCUT2D eigenvalue weighted by molar-refractivity contribution is -0.0879. The highest BCUT2D eigenvalue weighted by molar-refractivity contribution is 5.70. The molecule has 1 amide bonds. The van der Waals surface area contributed by atoms with Crippen LogP contribution in [-0.2, 0) is 28.1 Å². The minimum atomic E-state index is -0.764. The fourth-order valence-electron chi connectivity index (χ4n) is 5.72. The molecule has 1 saturated heterocycles. The van der Waals surface area contributed by atoms with Crippen LogP contribution < -0.4 is 4.74 Å². The summed E-state index contributed by atoms with van der Waals surface area (Å²) >= 11 is 0. The van der Waals surface area contributed by atoms with Crippen LogP contribution in [0.15, 0.2) is 78.9 Å². The highest BCUT2D eigenvalue weighted by Crippen LogP contribution is 2.43. The quantitative estimate of drug-likeness (QED) is 0.244. The number of hydrogen-bond donors (Lipinski definition) is 1. The number of rotatable bonds is 12. The molecule has 0 bridgehead atoms. The fraction of sp³-hybridized carbons (Fsp3) is 0.441. The normalized spacial score (nSPS) is 20.2.